The molecule has 84 valence electrons. The average molecular weight is 233 g/mol. The van der Waals surface area contributed by atoms with Crippen LogP contribution in [0.2, 0.25) is 0 Å². The van der Waals surface area contributed by atoms with Crippen molar-refractivity contribution in [3.05, 3.63) is 0 Å². The van der Waals surface area contributed by atoms with Gasteiger partial charge in [-0.25, -0.2) is 8.42 Å². The lowest BCUT2D eigenvalue weighted by Crippen LogP contribution is -2.31. The molecule has 0 unspecified atom stereocenters. The Balaban J connectivity index is 4.31. The van der Waals surface area contributed by atoms with Gasteiger partial charge in [0.05, 0.1) is 5.75 Å². The maximum absolute atomic E-state index is 11.7. The molecule has 0 spiro atoms. The van der Waals surface area contributed by atoms with Gasteiger partial charge in [-0.1, -0.05) is 0 Å². The van der Waals surface area contributed by atoms with Crippen LogP contribution in [0, 0.1) is 0 Å². The lowest BCUT2D eigenvalue weighted by atomic mass is 10.4. The van der Waals surface area contributed by atoms with Crippen LogP contribution in [0.15, 0.2) is 0 Å². The van der Waals surface area contributed by atoms with Gasteiger partial charge in [0.1, 0.15) is 5.75 Å². The Morgan fingerprint density at radius 3 is 2.14 bits per heavy atom. The van der Waals surface area contributed by atoms with Crippen molar-refractivity contribution in [2.75, 3.05) is 18.1 Å². The molecule has 0 saturated heterocycles. The Labute approximate surface area is 79.2 Å². The standard InChI is InChI=1S/C6H10F3NO3S/c7-6(8,9)5(11)4-14(12,13)3-1-2-10/h1-4,10H2. The van der Waals surface area contributed by atoms with Gasteiger partial charge in [-0.15, -0.1) is 0 Å². The molecule has 4 nitrogen and oxygen atoms in total. The van der Waals surface area contributed by atoms with E-state index in [1.807, 2.05) is 0 Å². The fourth-order valence-corrected chi connectivity index (χ4v) is 1.97. The summed E-state index contributed by atoms with van der Waals surface area (Å²) in [6.45, 7) is 0.0550. The highest BCUT2D eigenvalue weighted by atomic mass is 32.2. The minimum atomic E-state index is -5.09. The highest BCUT2D eigenvalue weighted by Gasteiger charge is 2.40. The predicted molar refractivity (Wildman–Crippen MR) is 43.4 cm³/mol. The van der Waals surface area contributed by atoms with Crippen LogP contribution in [-0.4, -0.2) is 38.4 Å². The van der Waals surface area contributed by atoms with Crippen molar-refractivity contribution in [1.82, 2.24) is 0 Å². The largest absolute Gasteiger partial charge is 0.451 e. The molecular weight excluding hydrogens is 223 g/mol. The van der Waals surface area contributed by atoms with E-state index in [0.717, 1.165) is 0 Å². The minimum Gasteiger partial charge on any atom is -0.330 e. The first kappa shape index (κ1) is 13.4. The van der Waals surface area contributed by atoms with Gasteiger partial charge >= 0.3 is 6.18 Å². The molecule has 8 heteroatoms. The molecule has 0 aromatic heterocycles. The number of nitrogens with two attached hydrogens (primary N) is 1. The third-order valence-electron chi connectivity index (χ3n) is 1.33. The van der Waals surface area contributed by atoms with Gasteiger partial charge < -0.3 is 5.73 Å². The van der Waals surface area contributed by atoms with Crippen molar-refractivity contribution < 1.29 is 26.4 Å². The van der Waals surface area contributed by atoms with Crippen LogP contribution in [0.3, 0.4) is 0 Å². The third-order valence-corrected chi connectivity index (χ3v) is 2.94. The summed E-state index contributed by atoms with van der Waals surface area (Å²) >= 11 is 0. The minimum absolute atomic E-state index is 0.0491. The summed E-state index contributed by atoms with van der Waals surface area (Å²) in [5.74, 6) is -4.23. The molecule has 0 atom stereocenters. The Bertz CT molecular complexity index is 296. The maximum Gasteiger partial charge on any atom is 0.451 e. The zero-order chi connectivity index (χ0) is 11.4. The summed E-state index contributed by atoms with van der Waals surface area (Å²) in [5.41, 5.74) is 4.98. The number of hydrogen-bond donors (Lipinski definition) is 1. The number of sulfone groups is 1. The van der Waals surface area contributed by atoms with Crippen LogP contribution < -0.4 is 5.73 Å². The second-order valence-electron chi connectivity index (χ2n) is 2.66. The van der Waals surface area contributed by atoms with Crippen LogP contribution in [0.4, 0.5) is 13.2 Å². The van der Waals surface area contributed by atoms with E-state index in [4.69, 9.17) is 5.73 Å². The molecule has 0 rings (SSSR count). The highest BCUT2D eigenvalue weighted by molar-refractivity contribution is 7.92. The van der Waals surface area contributed by atoms with Gasteiger partial charge in [-0.2, -0.15) is 13.2 Å². The van der Waals surface area contributed by atoms with E-state index in [1.165, 1.54) is 0 Å². The topological polar surface area (TPSA) is 77.2 Å². The van der Waals surface area contributed by atoms with Gasteiger partial charge in [0.25, 0.3) is 5.78 Å². The van der Waals surface area contributed by atoms with Crippen molar-refractivity contribution >= 4 is 15.6 Å². The number of carbonyl (C=O) groups is 1. The van der Waals surface area contributed by atoms with Gasteiger partial charge in [0.15, 0.2) is 9.84 Å². The molecule has 2 N–H and O–H groups in total. The molecule has 0 bridgehead atoms. The van der Waals surface area contributed by atoms with Gasteiger partial charge in [0.2, 0.25) is 0 Å². The summed E-state index contributed by atoms with van der Waals surface area (Å²) in [6.07, 6.45) is -5.04. The van der Waals surface area contributed by atoms with E-state index < -0.39 is 33.3 Å². The van der Waals surface area contributed by atoms with Crippen molar-refractivity contribution in [2.45, 2.75) is 12.6 Å². The molecule has 0 fully saturated rings. The zero-order valence-corrected chi connectivity index (χ0v) is 7.99. The van der Waals surface area contributed by atoms with E-state index in [0.29, 0.717) is 0 Å². The average Bonchev–Trinajstić information content (AvgIpc) is 1.98. The Hall–Kier alpha value is -0.630. The lowest BCUT2D eigenvalue weighted by Gasteiger charge is -2.05. The van der Waals surface area contributed by atoms with E-state index >= 15 is 0 Å². The Morgan fingerprint density at radius 1 is 1.29 bits per heavy atom. The van der Waals surface area contributed by atoms with Crippen molar-refractivity contribution in [3.63, 3.8) is 0 Å². The first-order valence-corrected chi connectivity index (χ1v) is 5.51. The van der Waals surface area contributed by atoms with E-state index in [1.54, 1.807) is 0 Å². The molecule has 14 heavy (non-hydrogen) atoms. The van der Waals surface area contributed by atoms with Crippen molar-refractivity contribution in [3.8, 4) is 0 Å². The molecule has 0 heterocycles. The summed E-state index contributed by atoms with van der Waals surface area (Å²) in [7, 11) is -3.98. The number of alkyl halides is 3. The Kier molecular flexibility index (Phi) is 4.53. The van der Waals surface area contributed by atoms with Crippen LogP contribution in [0.5, 0.6) is 0 Å². The molecule has 0 aliphatic heterocycles. The first-order chi connectivity index (χ1) is 6.19. The second kappa shape index (κ2) is 4.74. The van der Waals surface area contributed by atoms with Crippen LogP contribution >= 0.6 is 0 Å². The molecular formula is C6H10F3NO3S. The van der Waals surface area contributed by atoms with Gasteiger partial charge in [-0.3, -0.25) is 4.79 Å². The van der Waals surface area contributed by atoms with E-state index in [9.17, 15) is 26.4 Å². The van der Waals surface area contributed by atoms with E-state index in [-0.39, 0.29) is 13.0 Å². The molecule has 0 saturated carbocycles. The fourth-order valence-electron chi connectivity index (χ4n) is 0.657. The van der Waals surface area contributed by atoms with Crippen molar-refractivity contribution in [2.24, 2.45) is 5.73 Å². The monoisotopic (exact) mass is 233 g/mol. The molecule has 0 radical (unpaired) electrons. The number of ketones is 1. The predicted octanol–water partition coefficient (Wildman–Crippen LogP) is -0.119. The number of carbonyl (C=O) groups excluding carboxylic acids is 1. The van der Waals surface area contributed by atoms with Crippen LogP contribution in [-0.2, 0) is 14.6 Å². The SMILES string of the molecule is NCCCS(=O)(=O)CC(=O)C(F)(F)F. The number of halogens is 3. The zero-order valence-electron chi connectivity index (χ0n) is 7.17. The highest BCUT2D eigenvalue weighted by Crippen LogP contribution is 2.17. The smallest absolute Gasteiger partial charge is 0.330 e. The molecule has 0 aromatic rings. The summed E-state index contributed by atoms with van der Waals surface area (Å²) in [6, 6.07) is 0. The lowest BCUT2D eigenvalue weighted by molar-refractivity contribution is -0.168. The fraction of sp³-hybridized carbons (Fsp3) is 0.833. The van der Waals surface area contributed by atoms with Crippen molar-refractivity contribution in [1.29, 1.82) is 0 Å². The maximum atomic E-state index is 11.7. The molecule has 0 aromatic carbocycles. The third kappa shape index (κ3) is 5.18. The summed E-state index contributed by atoms with van der Waals surface area (Å²) < 4.78 is 56.7. The van der Waals surface area contributed by atoms with Crippen LogP contribution in [0.25, 0.3) is 0 Å². The van der Waals surface area contributed by atoms with Gasteiger partial charge in [0, 0.05) is 0 Å². The summed E-state index contributed by atoms with van der Waals surface area (Å²) in [4.78, 5) is 10.3. The number of Topliss-reactive ketones (excluding diaryl/α,β-unsaturated/α-hetero) is 1. The first-order valence-electron chi connectivity index (χ1n) is 3.69. The number of rotatable bonds is 5. The molecule has 0 aliphatic carbocycles. The van der Waals surface area contributed by atoms with Crippen LogP contribution in [0.1, 0.15) is 6.42 Å². The normalized spacial score (nSPS) is 12.9. The number of hydrogen-bond acceptors (Lipinski definition) is 4. The summed E-state index contributed by atoms with van der Waals surface area (Å²) in [5, 5.41) is 0. The molecule has 0 aliphatic rings. The van der Waals surface area contributed by atoms with E-state index in [2.05, 4.69) is 0 Å². The molecule has 0 amide bonds. The Morgan fingerprint density at radius 2 is 1.79 bits per heavy atom. The van der Waals surface area contributed by atoms with Gasteiger partial charge in [-0.05, 0) is 13.0 Å². The quantitative estimate of drug-likeness (QED) is 0.718. The second-order valence-corrected chi connectivity index (χ2v) is 4.84.